The Morgan fingerprint density at radius 2 is 2.20 bits per heavy atom. The van der Waals surface area contributed by atoms with Crippen LogP contribution in [0.1, 0.15) is 13.3 Å². The average molecular weight is 316 g/mol. The molecule has 3 amide bonds. The van der Waals surface area contributed by atoms with Crippen LogP contribution < -0.4 is 10.6 Å². The molecule has 1 heterocycles. The molecule has 0 radical (unpaired) electrons. The van der Waals surface area contributed by atoms with E-state index >= 15 is 0 Å². The summed E-state index contributed by atoms with van der Waals surface area (Å²) in [6.45, 7) is 2.82. The van der Waals surface area contributed by atoms with Gasteiger partial charge in [0, 0.05) is 18.8 Å². The normalized spacial score (nSPS) is 18.6. The second kappa shape index (κ2) is 6.33. The fourth-order valence-electron chi connectivity index (χ4n) is 2.13. The van der Waals surface area contributed by atoms with E-state index < -0.39 is 6.04 Å². The molecule has 0 saturated carbocycles. The SMILES string of the molecule is CCC1C(=O)NCCN1C(=O)Nc1ccc(Cl)c(Cl)c1. The van der Waals surface area contributed by atoms with Crippen LogP contribution in [-0.4, -0.2) is 36.0 Å². The molecule has 1 saturated heterocycles. The zero-order chi connectivity index (χ0) is 14.7. The summed E-state index contributed by atoms with van der Waals surface area (Å²) in [5.74, 6) is -0.122. The number of nitrogens with one attached hydrogen (secondary N) is 2. The van der Waals surface area contributed by atoms with Gasteiger partial charge in [-0.2, -0.15) is 0 Å². The molecular formula is C13H15Cl2N3O2. The molecule has 0 aliphatic carbocycles. The molecule has 1 fully saturated rings. The molecule has 5 nitrogen and oxygen atoms in total. The van der Waals surface area contributed by atoms with Crippen LogP contribution in [0.15, 0.2) is 18.2 Å². The van der Waals surface area contributed by atoms with Gasteiger partial charge in [0.05, 0.1) is 10.0 Å². The number of urea groups is 1. The van der Waals surface area contributed by atoms with Gasteiger partial charge in [-0.05, 0) is 24.6 Å². The highest BCUT2D eigenvalue weighted by Gasteiger charge is 2.31. The summed E-state index contributed by atoms with van der Waals surface area (Å²) in [6, 6.07) is 4.10. The van der Waals surface area contributed by atoms with Crippen molar-refractivity contribution in [2.45, 2.75) is 19.4 Å². The number of hydrogen-bond acceptors (Lipinski definition) is 2. The highest BCUT2D eigenvalue weighted by Crippen LogP contribution is 2.25. The molecule has 1 aliphatic heterocycles. The van der Waals surface area contributed by atoms with Gasteiger partial charge in [0.15, 0.2) is 0 Å². The van der Waals surface area contributed by atoms with E-state index in [0.717, 1.165) is 0 Å². The molecule has 108 valence electrons. The Labute approximate surface area is 127 Å². The van der Waals surface area contributed by atoms with Crippen LogP contribution in [0.2, 0.25) is 10.0 Å². The van der Waals surface area contributed by atoms with Crippen molar-refractivity contribution in [1.82, 2.24) is 10.2 Å². The van der Waals surface area contributed by atoms with Crippen LogP contribution >= 0.6 is 23.2 Å². The topological polar surface area (TPSA) is 61.4 Å². The predicted octanol–water partition coefficient (Wildman–Crippen LogP) is 2.74. The van der Waals surface area contributed by atoms with Crippen LogP contribution in [0.4, 0.5) is 10.5 Å². The molecule has 0 bridgehead atoms. The Hall–Kier alpha value is -1.46. The fraction of sp³-hybridized carbons (Fsp3) is 0.385. The number of hydrogen-bond donors (Lipinski definition) is 2. The Bertz CT molecular complexity index is 536. The van der Waals surface area contributed by atoms with Gasteiger partial charge in [-0.3, -0.25) is 4.79 Å². The second-order valence-electron chi connectivity index (χ2n) is 4.47. The molecular weight excluding hydrogens is 301 g/mol. The first-order chi connectivity index (χ1) is 9.52. The van der Waals surface area contributed by atoms with E-state index in [2.05, 4.69) is 10.6 Å². The molecule has 2 N–H and O–H groups in total. The van der Waals surface area contributed by atoms with E-state index in [9.17, 15) is 9.59 Å². The quantitative estimate of drug-likeness (QED) is 0.881. The summed E-state index contributed by atoms with van der Waals surface area (Å²) in [6.07, 6.45) is 0.570. The fourth-order valence-corrected chi connectivity index (χ4v) is 2.43. The maximum absolute atomic E-state index is 12.2. The number of anilines is 1. The average Bonchev–Trinajstić information content (AvgIpc) is 2.42. The van der Waals surface area contributed by atoms with E-state index in [0.29, 0.717) is 35.2 Å². The van der Waals surface area contributed by atoms with E-state index in [1.54, 1.807) is 18.2 Å². The van der Waals surface area contributed by atoms with Gasteiger partial charge in [-0.15, -0.1) is 0 Å². The van der Waals surface area contributed by atoms with Crippen LogP contribution in [0.25, 0.3) is 0 Å². The van der Waals surface area contributed by atoms with Crippen LogP contribution in [0, 0.1) is 0 Å². The number of halogens is 2. The number of nitrogens with zero attached hydrogens (tertiary/aromatic N) is 1. The molecule has 0 spiro atoms. The third-order valence-corrected chi connectivity index (χ3v) is 3.89. The predicted molar refractivity (Wildman–Crippen MR) is 79.3 cm³/mol. The van der Waals surface area contributed by atoms with Crippen molar-refractivity contribution in [1.29, 1.82) is 0 Å². The van der Waals surface area contributed by atoms with E-state index in [1.807, 2.05) is 6.92 Å². The number of benzene rings is 1. The molecule has 1 aliphatic rings. The van der Waals surface area contributed by atoms with Gasteiger partial charge in [0.1, 0.15) is 6.04 Å². The summed E-state index contributed by atoms with van der Waals surface area (Å²) in [5.41, 5.74) is 0.547. The minimum Gasteiger partial charge on any atom is -0.353 e. The summed E-state index contributed by atoms with van der Waals surface area (Å²) in [4.78, 5) is 25.5. The van der Waals surface area contributed by atoms with Gasteiger partial charge in [-0.1, -0.05) is 30.1 Å². The Kier molecular flexibility index (Phi) is 4.73. The van der Waals surface area contributed by atoms with E-state index in [1.165, 1.54) is 4.90 Å². The number of amides is 3. The van der Waals surface area contributed by atoms with Crippen LogP contribution in [0.5, 0.6) is 0 Å². The molecule has 7 heteroatoms. The summed E-state index contributed by atoms with van der Waals surface area (Å²) in [7, 11) is 0. The standard InChI is InChI=1S/C13H15Cl2N3O2/c1-2-11-12(19)16-5-6-18(11)13(20)17-8-3-4-9(14)10(15)7-8/h3-4,7,11H,2,5-6H2,1H3,(H,16,19)(H,17,20). The first kappa shape index (κ1) is 14.9. The summed E-state index contributed by atoms with van der Waals surface area (Å²) >= 11 is 11.7. The van der Waals surface area contributed by atoms with Crippen molar-refractivity contribution >= 4 is 40.8 Å². The Balaban J connectivity index is 2.10. The maximum atomic E-state index is 12.2. The van der Waals surface area contributed by atoms with Crippen molar-refractivity contribution in [3.8, 4) is 0 Å². The molecule has 0 aromatic heterocycles. The minimum absolute atomic E-state index is 0.122. The highest BCUT2D eigenvalue weighted by molar-refractivity contribution is 6.42. The van der Waals surface area contributed by atoms with Gasteiger partial charge >= 0.3 is 6.03 Å². The number of rotatable bonds is 2. The zero-order valence-corrected chi connectivity index (χ0v) is 12.5. The first-order valence-corrected chi connectivity index (χ1v) is 7.09. The lowest BCUT2D eigenvalue weighted by atomic mass is 10.1. The van der Waals surface area contributed by atoms with Crippen molar-refractivity contribution in [2.24, 2.45) is 0 Å². The Morgan fingerprint density at radius 1 is 1.45 bits per heavy atom. The van der Waals surface area contributed by atoms with Crippen LogP contribution in [-0.2, 0) is 4.79 Å². The molecule has 20 heavy (non-hydrogen) atoms. The van der Waals surface area contributed by atoms with Crippen molar-refractivity contribution < 1.29 is 9.59 Å². The van der Waals surface area contributed by atoms with Crippen molar-refractivity contribution in [2.75, 3.05) is 18.4 Å². The monoisotopic (exact) mass is 315 g/mol. The largest absolute Gasteiger partial charge is 0.353 e. The number of piperazine rings is 1. The lowest BCUT2D eigenvalue weighted by Crippen LogP contribution is -2.57. The molecule has 1 atom stereocenters. The van der Waals surface area contributed by atoms with Gasteiger partial charge in [0.2, 0.25) is 5.91 Å². The lowest BCUT2D eigenvalue weighted by Gasteiger charge is -2.34. The second-order valence-corrected chi connectivity index (χ2v) is 5.28. The van der Waals surface area contributed by atoms with E-state index in [4.69, 9.17) is 23.2 Å². The van der Waals surface area contributed by atoms with E-state index in [-0.39, 0.29) is 11.9 Å². The summed E-state index contributed by atoms with van der Waals surface area (Å²) in [5, 5.41) is 6.27. The number of carbonyl (C=O) groups is 2. The molecule has 2 rings (SSSR count). The van der Waals surface area contributed by atoms with Crippen molar-refractivity contribution in [3.05, 3.63) is 28.2 Å². The maximum Gasteiger partial charge on any atom is 0.322 e. The molecule has 1 aromatic rings. The molecule has 1 unspecified atom stereocenters. The first-order valence-electron chi connectivity index (χ1n) is 6.33. The van der Waals surface area contributed by atoms with Crippen LogP contribution in [0.3, 0.4) is 0 Å². The third-order valence-electron chi connectivity index (χ3n) is 3.15. The third kappa shape index (κ3) is 3.16. The summed E-state index contributed by atoms with van der Waals surface area (Å²) < 4.78 is 0. The van der Waals surface area contributed by atoms with Gasteiger partial charge < -0.3 is 15.5 Å². The zero-order valence-electron chi connectivity index (χ0n) is 11.0. The van der Waals surface area contributed by atoms with Gasteiger partial charge in [-0.25, -0.2) is 4.79 Å². The van der Waals surface area contributed by atoms with Crippen molar-refractivity contribution in [3.63, 3.8) is 0 Å². The smallest absolute Gasteiger partial charge is 0.322 e. The minimum atomic E-state index is -0.438. The lowest BCUT2D eigenvalue weighted by molar-refractivity contribution is -0.127. The molecule has 1 aromatic carbocycles. The number of carbonyl (C=O) groups excluding carboxylic acids is 2. The highest BCUT2D eigenvalue weighted by atomic mass is 35.5. The van der Waals surface area contributed by atoms with Gasteiger partial charge in [0.25, 0.3) is 0 Å². The Morgan fingerprint density at radius 3 is 2.85 bits per heavy atom.